The van der Waals surface area contributed by atoms with Crippen molar-refractivity contribution in [2.24, 2.45) is 4.99 Å². The first-order chi connectivity index (χ1) is 15.7. The third kappa shape index (κ3) is 4.25. The van der Waals surface area contributed by atoms with Crippen molar-refractivity contribution in [1.29, 1.82) is 0 Å². The largest absolute Gasteiger partial charge is 0.507 e. The van der Waals surface area contributed by atoms with E-state index in [2.05, 4.69) is 4.99 Å². The molecule has 3 aromatic carbocycles. The van der Waals surface area contributed by atoms with Crippen molar-refractivity contribution in [1.82, 2.24) is 0 Å². The number of amidine groups is 1. The Morgan fingerprint density at radius 1 is 0.970 bits per heavy atom. The van der Waals surface area contributed by atoms with Crippen LogP contribution in [-0.4, -0.2) is 40.9 Å². The van der Waals surface area contributed by atoms with Gasteiger partial charge >= 0.3 is 5.97 Å². The molecule has 33 heavy (non-hydrogen) atoms. The van der Waals surface area contributed by atoms with Gasteiger partial charge in [-0.15, -0.1) is 0 Å². The highest BCUT2D eigenvalue weighted by molar-refractivity contribution is 7.85. The molecule has 1 amide bonds. The van der Waals surface area contributed by atoms with Crippen molar-refractivity contribution in [3.05, 3.63) is 95.2 Å². The molecule has 0 aromatic heterocycles. The van der Waals surface area contributed by atoms with E-state index in [0.717, 1.165) is 23.1 Å². The van der Waals surface area contributed by atoms with Crippen LogP contribution in [0, 0.1) is 0 Å². The third-order valence-electron chi connectivity index (χ3n) is 4.86. The first-order valence-electron chi connectivity index (χ1n) is 9.50. The summed E-state index contributed by atoms with van der Waals surface area (Å²) in [5.74, 6) is -2.19. The molecule has 10 heteroatoms. The fourth-order valence-corrected chi connectivity index (χ4v) is 3.82. The van der Waals surface area contributed by atoms with Crippen LogP contribution in [-0.2, 0) is 14.9 Å². The number of phenols is 1. The van der Waals surface area contributed by atoms with Crippen LogP contribution in [0.5, 0.6) is 5.75 Å². The summed E-state index contributed by atoms with van der Waals surface area (Å²) in [4.78, 5) is 30.0. The maximum absolute atomic E-state index is 13.4. The number of carbonyl (C=O) groups excluding carboxylic acids is 1. The second-order valence-electron chi connectivity index (χ2n) is 6.99. The number of carboxylic acids is 1. The SMILES string of the molecule is O=C(O)c1ccc(S(=O)(=O)O)cc1N1C(=O)C(=Cc2ccccc2O)N=C1c1ccccc1. The maximum Gasteiger partial charge on any atom is 0.337 e. The van der Waals surface area contributed by atoms with Gasteiger partial charge in [0, 0.05) is 11.1 Å². The van der Waals surface area contributed by atoms with E-state index in [0.29, 0.717) is 11.1 Å². The topological polar surface area (TPSA) is 145 Å². The summed E-state index contributed by atoms with van der Waals surface area (Å²) in [5.41, 5.74) is 0.00203. The van der Waals surface area contributed by atoms with Gasteiger partial charge < -0.3 is 10.2 Å². The van der Waals surface area contributed by atoms with Gasteiger partial charge in [0.05, 0.1) is 16.1 Å². The van der Waals surface area contributed by atoms with Crippen molar-refractivity contribution < 1.29 is 32.8 Å². The minimum absolute atomic E-state index is 0.0530. The molecule has 1 aliphatic heterocycles. The van der Waals surface area contributed by atoms with Gasteiger partial charge in [0.15, 0.2) is 0 Å². The molecule has 166 valence electrons. The second-order valence-corrected chi connectivity index (χ2v) is 8.41. The lowest BCUT2D eigenvalue weighted by molar-refractivity contribution is -0.113. The van der Waals surface area contributed by atoms with Crippen LogP contribution in [0.25, 0.3) is 6.08 Å². The summed E-state index contributed by atoms with van der Waals surface area (Å²) in [7, 11) is -4.68. The third-order valence-corrected chi connectivity index (χ3v) is 5.71. The Hall–Kier alpha value is -4.28. The van der Waals surface area contributed by atoms with Crippen LogP contribution in [0.2, 0.25) is 0 Å². The Morgan fingerprint density at radius 2 is 1.64 bits per heavy atom. The van der Waals surface area contributed by atoms with Gasteiger partial charge in [0.2, 0.25) is 0 Å². The number of benzene rings is 3. The number of hydrogen-bond donors (Lipinski definition) is 3. The number of para-hydroxylation sites is 1. The quantitative estimate of drug-likeness (QED) is 0.388. The van der Waals surface area contributed by atoms with Crippen molar-refractivity contribution in [3.8, 4) is 5.75 Å². The molecule has 3 N–H and O–H groups in total. The first-order valence-corrected chi connectivity index (χ1v) is 10.9. The summed E-state index contributed by atoms with van der Waals surface area (Å²) in [5, 5.41) is 19.7. The average Bonchev–Trinajstić information content (AvgIpc) is 3.10. The van der Waals surface area contributed by atoms with Gasteiger partial charge in [0.1, 0.15) is 17.3 Å². The average molecular weight is 464 g/mol. The second kappa shape index (κ2) is 8.34. The van der Waals surface area contributed by atoms with Crippen molar-refractivity contribution in [2.45, 2.75) is 4.90 Å². The fourth-order valence-electron chi connectivity index (χ4n) is 3.32. The van der Waals surface area contributed by atoms with Crippen molar-refractivity contribution >= 4 is 39.6 Å². The van der Waals surface area contributed by atoms with E-state index >= 15 is 0 Å². The van der Waals surface area contributed by atoms with Gasteiger partial charge in [-0.1, -0.05) is 48.5 Å². The predicted molar refractivity (Wildman–Crippen MR) is 120 cm³/mol. The number of carbonyl (C=O) groups is 2. The first kappa shape index (κ1) is 21.9. The van der Waals surface area contributed by atoms with Gasteiger partial charge in [-0.25, -0.2) is 9.79 Å². The minimum atomic E-state index is -4.68. The molecule has 0 spiro atoms. The number of aromatic carboxylic acids is 1. The number of carboxylic acid groups (broad SMARTS) is 1. The highest BCUT2D eigenvalue weighted by Gasteiger charge is 2.35. The van der Waals surface area contributed by atoms with E-state index in [1.54, 1.807) is 48.5 Å². The highest BCUT2D eigenvalue weighted by atomic mass is 32.2. The lowest BCUT2D eigenvalue weighted by Gasteiger charge is -2.21. The number of nitrogens with zero attached hydrogens (tertiary/aromatic N) is 2. The Bertz CT molecular complexity index is 1440. The van der Waals surface area contributed by atoms with Crippen LogP contribution in [0.3, 0.4) is 0 Å². The summed E-state index contributed by atoms with van der Waals surface area (Å²) >= 11 is 0. The standard InChI is InChI=1S/C23H16N2O7S/c26-20-9-5-4-8-15(20)12-18-22(27)25(21(24-18)14-6-2-1-3-7-14)19-13-16(33(30,31)32)10-11-17(19)23(28)29/h1-13,26H,(H,28,29)(H,30,31,32). The molecule has 3 aromatic rings. The lowest BCUT2D eigenvalue weighted by Crippen LogP contribution is -2.34. The highest BCUT2D eigenvalue weighted by Crippen LogP contribution is 2.33. The number of amides is 1. The monoisotopic (exact) mass is 464 g/mol. The summed E-state index contributed by atoms with van der Waals surface area (Å²) in [6.45, 7) is 0. The molecule has 0 aliphatic carbocycles. The van der Waals surface area contributed by atoms with E-state index in [1.165, 1.54) is 12.1 Å². The van der Waals surface area contributed by atoms with Crippen molar-refractivity contribution in [3.63, 3.8) is 0 Å². The number of anilines is 1. The van der Waals surface area contributed by atoms with Crippen LogP contribution in [0.1, 0.15) is 21.5 Å². The Morgan fingerprint density at radius 3 is 2.27 bits per heavy atom. The molecule has 0 fully saturated rings. The molecule has 0 bridgehead atoms. The maximum atomic E-state index is 13.4. The molecular formula is C23H16N2O7S. The minimum Gasteiger partial charge on any atom is -0.507 e. The van der Waals surface area contributed by atoms with E-state index < -0.39 is 26.9 Å². The normalized spacial score (nSPS) is 15.1. The summed E-state index contributed by atoms with van der Waals surface area (Å²) in [6, 6.07) is 17.5. The van der Waals surface area contributed by atoms with E-state index in [1.807, 2.05) is 0 Å². The molecule has 1 heterocycles. The smallest absolute Gasteiger partial charge is 0.337 e. The molecule has 0 unspecified atom stereocenters. The molecular weight excluding hydrogens is 448 g/mol. The summed E-state index contributed by atoms with van der Waals surface area (Å²) < 4.78 is 32.8. The summed E-state index contributed by atoms with van der Waals surface area (Å²) in [6.07, 6.45) is 1.34. The van der Waals surface area contributed by atoms with Gasteiger partial charge in [-0.05, 0) is 30.3 Å². The van der Waals surface area contributed by atoms with Crippen LogP contribution in [0.15, 0.2) is 88.4 Å². The fraction of sp³-hybridized carbons (Fsp3) is 0. The molecule has 0 saturated carbocycles. The molecule has 0 radical (unpaired) electrons. The number of hydrogen-bond acceptors (Lipinski definition) is 6. The molecule has 0 saturated heterocycles. The Labute approximate surface area is 188 Å². The lowest BCUT2D eigenvalue weighted by atomic mass is 10.1. The van der Waals surface area contributed by atoms with Gasteiger partial charge in [-0.2, -0.15) is 8.42 Å². The molecule has 9 nitrogen and oxygen atoms in total. The molecule has 1 aliphatic rings. The van der Waals surface area contributed by atoms with Crippen LogP contribution >= 0.6 is 0 Å². The predicted octanol–water partition coefficient (Wildman–Crippen LogP) is 3.17. The zero-order chi connectivity index (χ0) is 23.8. The van der Waals surface area contributed by atoms with E-state index in [4.69, 9.17) is 0 Å². The van der Waals surface area contributed by atoms with Crippen molar-refractivity contribution in [2.75, 3.05) is 4.90 Å². The Balaban J connectivity index is 1.96. The van der Waals surface area contributed by atoms with Gasteiger partial charge in [-0.3, -0.25) is 14.2 Å². The van der Waals surface area contributed by atoms with Gasteiger partial charge in [0.25, 0.3) is 16.0 Å². The van der Waals surface area contributed by atoms with Crippen LogP contribution < -0.4 is 4.90 Å². The molecule has 0 atom stereocenters. The van der Waals surface area contributed by atoms with Crippen LogP contribution in [0.4, 0.5) is 5.69 Å². The zero-order valence-electron chi connectivity index (χ0n) is 16.8. The number of phenolic OH excluding ortho intramolecular Hbond substituents is 1. The van der Waals surface area contributed by atoms with E-state index in [-0.39, 0.29) is 28.5 Å². The number of aromatic hydroxyl groups is 1. The molecule has 4 rings (SSSR count). The zero-order valence-corrected chi connectivity index (χ0v) is 17.6. The Kier molecular flexibility index (Phi) is 5.54. The number of rotatable bonds is 5. The van der Waals surface area contributed by atoms with E-state index in [9.17, 15) is 32.8 Å². The number of aliphatic imine (C=N–C) groups is 1.